The van der Waals surface area contributed by atoms with E-state index in [1.165, 1.54) is 6.20 Å². The van der Waals surface area contributed by atoms with E-state index in [9.17, 15) is 4.79 Å². The third-order valence-electron chi connectivity index (χ3n) is 2.80. The molecular formula is C13H18N6O2. The van der Waals surface area contributed by atoms with Gasteiger partial charge < -0.3 is 15.3 Å². The number of nitrogens with two attached hydrogens (primary N) is 1. The van der Waals surface area contributed by atoms with Gasteiger partial charge in [-0.25, -0.2) is 9.97 Å². The van der Waals surface area contributed by atoms with Crippen molar-refractivity contribution in [3.8, 4) is 0 Å². The van der Waals surface area contributed by atoms with Crippen LogP contribution in [0.4, 0.5) is 5.69 Å². The van der Waals surface area contributed by atoms with Gasteiger partial charge in [0.25, 0.3) is 5.91 Å². The number of nitrogen functional groups attached to an aromatic ring is 1. The molecule has 2 aromatic rings. The van der Waals surface area contributed by atoms with E-state index in [4.69, 9.17) is 10.4 Å². The normalized spacial score (nSPS) is 10.7. The fourth-order valence-electron chi connectivity index (χ4n) is 1.71. The van der Waals surface area contributed by atoms with Crippen LogP contribution in [0.3, 0.4) is 0 Å². The summed E-state index contributed by atoms with van der Waals surface area (Å²) < 4.78 is 4.94. The monoisotopic (exact) mass is 290 g/mol. The van der Waals surface area contributed by atoms with Crippen LogP contribution in [0, 0.1) is 6.92 Å². The number of amides is 1. The summed E-state index contributed by atoms with van der Waals surface area (Å²) >= 11 is 0. The first-order chi connectivity index (χ1) is 10.0. The standard InChI is InChI=1S/C13H18N6O2/c1-7(2)12-15-6-10(18-14)11(17-12)13(20)16-5-9-4-8(3)21-19-9/h4,6-7,18H,5,14H2,1-3H3,(H,16,20). The number of nitrogens with zero attached hydrogens (tertiary/aromatic N) is 3. The van der Waals surface area contributed by atoms with Crippen LogP contribution >= 0.6 is 0 Å². The quantitative estimate of drug-likeness (QED) is 0.557. The van der Waals surface area contributed by atoms with Crippen LogP contribution in [0.15, 0.2) is 16.8 Å². The molecule has 112 valence electrons. The van der Waals surface area contributed by atoms with Gasteiger partial charge in [-0.05, 0) is 6.92 Å². The summed E-state index contributed by atoms with van der Waals surface area (Å²) in [6.45, 7) is 5.94. The summed E-state index contributed by atoms with van der Waals surface area (Å²) in [6, 6.07) is 1.75. The molecule has 0 radical (unpaired) electrons. The minimum absolute atomic E-state index is 0.113. The molecule has 8 nitrogen and oxygen atoms in total. The maximum absolute atomic E-state index is 12.2. The number of aryl methyl sites for hydroxylation is 1. The highest BCUT2D eigenvalue weighted by Crippen LogP contribution is 2.15. The maximum Gasteiger partial charge on any atom is 0.272 e. The Balaban J connectivity index is 2.15. The van der Waals surface area contributed by atoms with Gasteiger partial charge in [0.2, 0.25) is 0 Å². The molecule has 0 aliphatic carbocycles. The zero-order chi connectivity index (χ0) is 15.4. The molecule has 2 rings (SSSR count). The Labute approximate surface area is 122 Å². The lowest BCUT2D eigenvalue weighted by Crippen LogP contribution is -2.27. The molecule has 0 aliphatic heterocycles. The lowest BCUT2D eigenvalue weighted by atomic mass is 10.2. The molecule has 0 atom stereocenters. The number of rotatable bonds is 5. The van der Waals surface area contributed by atoms with E-state index in [-0.39, 0.29) is 24.1 Å². The molecule has 0 spiro atoms. The van der Waals surface area contributed by atoms with Crippen molar-refractivity contribution in [2.45, 2.75) is 33.2 Å². The predicted molar refractivity (Wildman–Crippen MR) is 76.3 cm³/mol. The highest BCUT2D eigenvalue weighted by atomic mass is 16.5. The fourth-order valence-corrected chi connectivity index (χ4v) is 1.71. The number of carbonyl (C=O) groups excluding carboxylic acids is 1. The topological polar surface area (TPSA) is 119 Å². The molecule has 4 N–H and O–H groups in total. The zero-order valence-electron chi connectivity index (χ0n) is 12.2. The molecule has 21 heavy (non-hydrogen) atoms. The third kappa shape index (κ3) is 3.54. The highest BCUT2D eigenvalue weighted by Gasteiger charge is 2.16. The summed E-state index contributed by atoms with van der Waals surface area (Å²) in [5.74, 6) is 6.41. The largest absolute Gasteiger partial charge is 0.361 e. The lowest BCUT2D eigenvalue weighted by Gasteiger charge is -2.10. The van der Waals surface area contributed by atoms with E-state index in [1.807, 2.05) is 13.8 Å². The summed E-state index contributed by atoms with van der Waals surface area (Å²) in [7, 11) is 0. The maximum atomic E-state index is 12.2. The van der Waals surface area contributed by atoms with Crippen molar-refractivity contribution < 1.29 is 9.32 Å². The van der Waals surface area contributed by atoms with Crippen molar-refractivity contribution in [2.75, 3.05) is 5.43 Å². The second-order valence-corrected chi connectivity index (χ2v) is 4.90. The Morgan fingerprint density at radius 1 is 1.48 bits per heavy atom. The van der Waals surface area contributed by atoms with E-state index in [2.05, 4.69) is 25.9 Å². The predicted octanol–water partition coefficient (Wildman–Crippen LogP) is 1.11. The van der Waals surface area contributed by atoms with Crippen molar-refractivity contribution >= 4 is 11.6 Å². The van der Waals surface area contributed by atoms with Crippen molar-refractivity contribution in [3.05, 3.63) is 35.2 Å². The molecule has 0 bridgehead atoms. The van der Waals surface area contributed by atoms with Crippen LogP contribution in [0.2, 0.25) is 0 Å². The van der Waals surface area contributed by atoms with Crippen molar-refractivity contribution in [2.24, 2.45) is 5.84 Å². The Bertz CT molecular complexity index is 637. The summed E-state index contributed by atoms with van der Waals surface area (Å²) in [5, 5.41) is 6.53. The van der Waals surface area contributed by atoms with Crippen LogP contribution < -0.4 is 16.6 Å². The Hall–Kier alpha value is -2.48. The molecular weight excluding hydrogens is 272 g/mol. The minimum atomic E-state index is -0.354. The number of hydrogen-bond acceptors (Lipinski definition) is 7. The van der Waals surface area contributed by atoms with Crippen LogP contribution in [0.5, 0.6) is 0 Å². The summed E-state index contributed by atoms with van der Waals surface area (Å²) in [5.41, 5.74) is 3.64. The molecule has 2 heterocycles. The molecule has 0 saturated carbocycles. The number of anilines is 1. The molecule has 0 unspecified atom stereocenters. The highest BCUT2D eigenvalue weighted by molar-refractivity contribution is 5.97. The lowest BCUT2D eigenvalue weighted by molar-refractivity contribution is 0.0945. The first kappa shape index (κ1) is 14.9. The molecule has 0 fully saturated rings. The fraction of sp³-hybridized carbons (Fsp3) is 0.385. The van der Waals surface area contributed by atoms with Crippen molar-refractivity contribution in [1.29, 1.82) is 0 Å². The average molecular weight is 290 g/mol. The van der Waals surface area contributed by atoms with Crippen molar-refractivity contribution in [1.82, 2.24) is 20.4 Å². The van der Waals surface area contributed by atoms with Gasteiger partial charge in [-0.1, -0.05) is 19.0 Å². The Morgan fingerprint density at radius 3 is 2.81 bits per heavy atom. The van der Waals surface area contributed by atoms with Gasteiger partial charge in [0, 0.05) is 12.0 Å². The third-order valence-corrected chi connectivity index (χ3v) is 2.80. The summed E-state index contributed by atoms with van der Waals surface area (Å²) in [4.78, 5) is 20.6. The molecule has 1 amide bonds. The first-order valence-corrected chi connectivity index (χ1v) is 6.55. The SMILES string of the molecule is Cc1cc(CNC(=O)c2nc(C(C)C)ncc2NN)no1. The molecule has 2 aromatic heterocycles. The van der Waals surface area contributed by atoms with E-state index in [0.717, 1.165) is 0 Å². The van der Waals surface area contributed by atoms with Crippen molar-refractivity contribution in [3.63, 3.8) is 0 Å². The Morgan fingerprint density at radius 2 is 2.24 bits per heavy atom. The van der Waals surface area contributed by atoms with E-state index in [1.54, 1.807) is 13.0 Å². The van der Waals surface area contributed by atoms with Gasteiger partial charge in [0.15, 0.2) is 5.69 Å². The molecule has 8 heteroatoms. The zero-order valence-corrected chi connectivity index (χ0v) is 12.2. The smallest absolute Gasteiger partial charge is 0.272 e. The van der Waals surface area contributed by atoms with Crippen LogP contribution in [0.1, 0.15) is 47.5 Å². The molecule has 0 saturated heterocycles. The second kappa shape index (κ2) is 6.31. The summed E-state index contributed by atoms with van der Waals surface area (Å²) in [6.07, 6.45) is 1.50. The molecule has 0 aliphatic rings. The second-order valence-electron chi connectivity index (χ2n) is 4.90. The van der Waals surface area contributed by atoms with Crippen LogP contribution in [0.25, 0.3) is 0 Å². The van der Waals surface area contributed by atoms with Gasteiger partial charge in [0.05, 0.1) is 18.4 Å². The molecule has 0 aromatic carbocycles. The number of carbonyl (C=O) groups is 1. The Kier molecular flexibility index (Phi) is 4.49. The van der Waals surface area contributed by atoms with E-state index >= 15 is 0 Å². The number of hydrogen-bond donors (Lipinski definition) is 3. The van der Waals surface area contributed by atoms with Gasteiger partial charge in [-0.15, -0.1) is 0 Å². The van der Waals surface area contributed by atoms with Gasteiger partial charge in [-0.3, -0.25) is 10.6 Å². The number of nitrogens with one attached hydrogen (secondary N) is 2. The van der Waals surface area contributed by atoms with Gasteiger partial charge in [0.1, 0.15) is 17.3 Å². The van der Waals surface area contributed by atoms with Crippen LogP contribution in [-0.4, -0.2) is 21.0 Å². The first-order valence-electron chi connectivity index (χ1n) is 6.55. The minimum Gasteiger partial charge on any atom is -0.361 e. The van der Waals surface area contributed by atoms with Gasteiger partial charge >= 0.3 is 0 Å². The average Bonchev–Trinajstić information content (AvgIpc) is 2.89. The van der Waals surface area contributed by atoms with E-state index in [0.29, 0.717) is 23.0 Å². The van der Waals surface area contributed by atoms with Gasteiger partial charge in [-0.2, -0.15) is 0 Å². The van der Waals surface area contributed by atoms with E-state index < -0.39 is 0 Å². The van der Waals surface area contributed by atoms with Crippen LogP contribution in [-0.2, 0) is 6.54 Å². The number of hydrazine groups is 1. The number of aromatic nitrogens is 3.